The Kier molecular flexibility index (Phi) is 3.56. The molecule has 0 saturated carbocycles. The monoisotopic (exact) mass is 223 g/mol. The highest BCUT2D eigenvalue weighted by atomic mass is 16.5. The summed E-state index contributed by atoms with van der Waals surface area (Å²) in [5, 5.41) is 7.58. The predicted octanol–water partition coefficient (Wildman–Crippen LogP) is 0.812. The molecule has 1 aliphatic rings. The van der Waals surface area contributed by atoms with Crippen molar-refractivity contribution in [2.75, 3.05) is 13.7 Å². The topological polar surface area (TPSA) is 56.1 Å². The molecule has 1 aromatic rings. The summed E-state index contributed by atoms with van der Waals surface area (Å²) in [5.41, 5.74) is 0.523. The van der Waals surface area contributed by atoms with Gasteiger partial charge in [0.15, 0.2) is 0 Å². The Morgan fingerprint density at radius 3 is 3.25 bits per heavy atom. The third kappa shape index (κ3) is 2.41. The van der Waals surface area contributed by atoms with Crippen LogP contribution in [0.25, 0.3) is 0 Å². The minimum Gasteiger partial charge on any atom is -0.464 e. The van der Waals surface area contributed by atoms with Gasteiger partial charge in [-0.05, 0) is 25.5 Å². The van der Waals surface area contributed by atoms with Gasteiger partial charge in [-0.25, -0.2) is 4.79 Å². The van der Waals surface area contributed by atoms with E-state index in [9.17, 15) is 4.79 Å². The molecule has 1 saturated heterocycles. The van der Waals surface area contributed by atoms with E-state index >= 15 is 0 Å². The first-order valence-electron chi connectivity index (χ1n) is 5.65. The zero-order valence-corrected chi connectivity index (χ0v) is 9.48. The van der Waals surface area contributed by atoms with Crippen molar-refractivity contribution in [1.82, 2.24) is 15.1 Å². The van der Waals surface area contributed by atoms with Crippen molar-refractivity contribution in [3.63, 3.8) is 0 Å². The second-order valence-corrected chi connectivity index (χ2v) is 4.04. The average Bonchev–Trinajstić information content (AvgIpc) is 2.77. The molecule has 1 N–H and O–H groups in total. The van der Waals surface area contributed by atoms with Gasteiger partial charge in [0, 0.05) is 12.2 Å². The zero-order chi connectivity index (χ0) is 11.4. The van der Waals surface area contributed by atoms with E-state index in [1.54, 1.807) is 16.9 Å². The van der Waals surface area contributed by atoms with E-state index in [4.69, 9.17) is 4.74 Å². The Hall–Kier alpha value is -1.36. The fourth-order valence-electron chi connectivity index (χ4n) is 2.04. The molecule has 0 spiro atoms. The Labute approximate surface area is 94.8 Å². The van der Waals surface area contributed by atoms with E-state index in [0.717, 1.165) is 19.5 Å². The molecule has 5 heteroatoms. The van der Waals surface area contributed by atoms with E-state index in [-0.39, 0.29) is 5.97 Å². The van der Waals surface area contributed by atoms with Gasteiger partial charge in [-0.3, -0.25) is 4.68 Å². The van der Waals surface area contributed by atoms with Gasteiger partial charge in [0.25, 0.3) is 0 Å². The lowest BCUT2D eigenvalue weighted by molar-refractivity contribution is 0.0585. The highest BCUT2D eigenvalue weighted by molar-refractivity contribution is 5.87. The van der Waals surface area contributed by atoms with E-state index in [1.807, 2.05) is 0 Å². The molecular formula is C11H17N3O2. The van der Waals surface area contributed by atoms with Crippen molar-refractivity contribution in [2.45, 2.75) is 31.8 Å². The molecule has 1 aliphatic heterocycles. The van der Waals surface area contributed by atoms with Crippen LogP contribution in [0.3, 0.4) is 0 Å². The molecule has 0 bridgehead atoms. The van der Waals surface area contributed by atoms with Gasteiger partial charge in [0.1, 0.15) is 5.69 Å². The highest BCUT2D eigenvalue weighted by Gasteiger charge is 2.17. The molecule has 0 amide bonds. The lowest BCUT2D eigenvalue weighted by Gasteiger charge is -2.23. The fraction of sp³-hybridized carbons (Fsp3) is 0.636. The first kappa shape index (κ1) is 11.1. The first-order valence-corrected chi connectivity index (χ1v) is 5.65. The van der Waals surface area contributed by atoms with Gasteiger partial charge in [0.05, 0.1) is 13.7 Å². The first-order chi connectivity index (χ1) is 7.81. The Morgan fingerprint density at radius 1 is 1.69 bits per heavy atom. The van der Waals surface area contributed by atoms with Crippen LogP contribution in [-0.4, -0.2) is 35.4 Å². The van der Waals surface area contributed by atoms with E-state index in [1.165, 1.54) is 20.0 Å². The Morgan fingerprint density at radius 2 is 2.56 bits per heavy atom. The molecular weight excluding hydrogens is 206 g/mol. The number of piperidine rings is 1. The average molecular weight is 223 g/mol. The summed E-state index contributed by atoms with van der Waals surface area (Å²) in [6, 6.07) is 2.10. The molecule has 2 heterocycles. The van der Waals surface area contributed by atoms with E-state index in [2.05, 4.69) is 10.4 Å². The smallest absolute Gasteiger partial charge is 0.356 e. The van der Waals surface area contributed by atoms with Crippen molar-refractivity contribution in [2.24, 2.45) is 0 Å². The number of nitrogens with one attached hydrogen (secondary N) is 1. The summed E-state index contributed by atoms with van der Waals surface area (Å²) in [6.45, 7) is 1.79. The van der Waals surface area contributed by atoms with Crippen molar-refractivity contribution in [3.8, 4) is 0 Å². The van der Waals surface area contributed by atoms with Gasteiger partial charge in [-0.2, -0.15) is 5.10 Å². The predicted molar refractivity (Wildman–Crippen MR) is 59.2 cm³/mol. The summed E-state index contributed by atoms with van der Waals surface area (Å²) in [5.74, 6) is -0.326. The van der Waals surface area contributed by atoms with Crippen LogP contribution in [0.4, 0.5) is 0 Å². The van der Waals surface area contributed by atoms with Gasteiger partial charge in [-0.15, -0.1) is 0 Å². The van der Waals surface area contributed by atoms with Gasteiger partial charge < -0.3 is 10.1 Å². The summed E-state index contributed by atoms with van der Waals surface area (Å²) in [7, 11) is 1.39. The van der Waals surface area contributed by atoms with Crippen LogP contribution >= 0.6 is 0 Å². The zero-order valence-electron chi connectivity index (χ0n) is 9.48. The third-order valence-electron chi connectivity index (χ3n) is 2.92. The number of methoxy groups -OCH3 is 1. The third-order valence-corrected chi connectivity index (χ3v) is 2.92. The largest absolute Gasteiger partial charge is 0.464 e. The van der Waals surface area contributed by atoms with E-state index < -0.39 is 0 Å². The number of ether oxygens (including phenoxy) is 1. The van der Waals surface area contributed by atoms with Crippen LogP contribution in [0.15, 0.2) is 12.3 Å². The summed E-state index contributed by atoms with van der Waals surface area (Å²) < 4.78 is 6.42. The molecule has 88 valence electrons. The fourth-order valence-corrected chi connectivity index (χ4v) is 2.04. The highest BCUT2D eigenvalue weighted by Crippen LogP contribution is 2.10. The van der Waals surface area contributed by atoms with Crippen LogP contribution in [0.1, 0.15) is 29.8 Å². The summed E-state index contributed by atoms with van der Waals surface area (Å²) >= 11 is 0. The normalized spacial score (nSPS) is 20.7. The summed E-state index contributed by atoms with van der Waals surface area (Å²) in [4.78, 5) is 11.4. The maximum atomic E-state index is 11.4. The molecule has 1 atom stereocenters. The molecule has 1 aromatic heterocycles. The molecule has 0 radical (unpaired) electrons. The van der Waals surface area contributed by atoms with Gasteiger partial charge in [0.2, 0.25) is 0 Å². The molecule has 0 aromatic carbocycles. The standard InChI is InChI=1S/C11H17N3O2/c1-16-11(15)10-5-7-13-14(10)8-9-4-2-3-6-12-9/h5,7,9,12H,2-4,6,8H2,1H3. The van der Waals surface area contributed by atoms with Gasteiger partial charge in [-0.1, -0.05) is 6.42 Å². The van der Waals surface area contributed by atoms with Crippen LogP contribution < -0.4 is 5.32 Å². The van der Waals surface area contributed by atoms with Crippen molar-refractivity contribution >= 4 is 5.97 Å². The van der Waals surface area contributed by atoms with Crippen LogP contribution in [0.2, 0.25) is 0 Å². The molecule has 5 nitrogen and oxygen atoms in total. The minimum absolute atomic E-state index is 0.326. The van der Waals surface area contributed by atoms with Crippen LogP contribution in [0.5, 0.6) is 0 Å². The lowest BCUT2D eigenvalue weighted by atomic mass is 10.1. The number of rotatable bonds is 3. The maximum absolute atomic E-state index is 11.4. The number of carbonyl (C=O) groups excluding carboxylic acids is 1. The van der Waals surface area contributed by atoms with E-state index in [0.29, 0.717) is 11.7 Å². The molecule has 0 aliphatic carbocycles. The molecule has 1 fully saturated rings. The summed E-state index contributed by atoms with van der Waals surface area (Å²) in [6.07, 6.45) is 5.25. The van der Waals surface area contributed by atoms with Gasteiger partial charge >= 0.3 is 5.97 Å². The minimum atomic E-state index is -0.326. The lowest BCUT2D eigenvalue weighted by Crippen LogP contribution is -2.38. The van der Waals surface area contributed by atoms with Crippen molar-refractivity contribution in [3.05, 3.63) is 18.0 Å². The number of carbonyl (C=O) groups is 1. The second-order valence-electron chi connectivity index (χ2n) is 4.04. The molecule has 16 heavy (non-hydrogen) atoms. The molecule has 1 unspecified atom stereocenters. The molecule has 2 rings (SSSR count). The van der Waals surface area contributed by atoms with Crippen molar-refractivity contribution < 1.29 is 9.53 Å². The Balaban J connectivity index is 2.03. The van der Waals surface area contributed by atoms with Crippen LogP contribution in [-0.2, 0) is 11.3 Å². The quantitative estimate of drug-likeness (QED) is 0.770. The Bertz CT molecular complexity index is 356. The number of hydrogen-bond donors (Lipinski definition) is 1. The SMILES string of the molecule is COC(=O)c1ccnn1CC1CCCCN1. The number of nitrogens with zero attached hydrogens (tertiary/aromatic N) is 2. The number of hydrogen-bond acceptors (Lipinski definition) is 4. The second kappa shape index (κ2) is 5.12. The van der Waals surface area contributed by atoms with Crippen LogP contribution in [0, 0.1) is 0 Å². The maximum Gasteiger partial charge on any atom is 0.356 e. The number of esters is 1. The van der Waals surface area contributed by atoms with Crippen molar-refractivity contribution in [1.29, 1.82) is 0 Å². The number of aromatic nitrogens is 2.